The summed E-state index contributed by atoms with van der Waals surface area (Å²) in [6.45, 7) is 6.22. The van der Waals surface area contributed by atoms with E-state index in [2.05, 4.69) is 20.8 Å². The van der Waals surface area contributed by atoms with Crippen molar-refractivity contribution >= 4 is 26.7 Å². The van der Waals surface area contributed by atoms with Crippen LogP contribution in [0.15, 0.2) is 28.7 Å². The maximum atomic E-state index is 11.9. The van der Waals surface area contributed by atoms with Crippen LogP contribution in [0.4, 0.5) is 0 Å². The molecule has 1 aromatic carbocycles. The van der Waals surface area contributed by atoms with Crippen molar-refractivity contribution in [1.82, 2.24) is 4.90 Å². The van der Waals surface area contributed by atoms with E-state index < -0.39 is 16.9 Å². The fourth-order valence-corrected chi connectivity index (χ4v) is 3.94. The minimum atomic E-state index is -0.763. The summed E-state index contributed by atoms with van der Waals surface area (Å²) < 4.78 is 12.7. The molecule has 0 radical (unpaired) electrons. The zero-order valence-electron chi connectivity index (χ0n) is 11.3. The highest BCUT2D eigenvalue weighted by Crippen LogP contribution is 2.23. The van der Waals surface area contributed by atoms with Gasteiger partial charge >= 0.3 is 0 Å². The summed E-state index contributed by atoms with van der Waals surface area (Å²) in [5.41, 5.74) is 0.924. The zero-order chi connectivity index (χ0) is 14.0. The first kappa shape index (κ1) is 15.2. The van der Waals surface area contributed by atoms with Crippen LogP contribution >= 0.6 is 15.9 Å². The van der Waals surface area contributed by atoms with Gasteiger partial charge in [0.2, 0.25) is 0 Å². The normalized spacial score (nSPS) is 25.2. The van der Waals surface area contributed by atoms with Gasteiger partial charge in [0.25, 0.3) is 0 Å². The molecule has 1 saturated heterocycles. The number of β-amino-alcohol motifs (C(OH)–C–C–N with tert-alkyl or cyclic N) is 1. The number of benzene rings is 1. The lowest BCUT2D eigenvalue weighted by Crippen LogP contribution is -2.50. The van der Waals surface area contributed by atoms with Gasteiger partial charge in [-0.25, -0.2) is 0 Å². The Bertz CT molecular complexity index is 461. The molecule has 1 aliphatic rings. The van der Waals surface area contributed by atoms with Crippen molar-refractivity contribution < 1.29 is 9.32 Å². The Morgan fingerprint density at radius 1 is 1.42 bits per heavy atom. The van der Waals surface area contributed by atoms with E-state index in [0.29, 0.717) is 12.3 Å². The van der Waals surface area contributed by atoms with Gasteiger partial charge in [-0.15, -0.1) is 0 Å². The van der Waals surface area contributed by atoms with Gasteiger partial charge in [0, 0.05) is 40.7 Å². The van der Waals surface area contributed by atoms with Crippen molar-refractivity contribution in [2.45, 2.75) is 24.7 Å². The molecule has 19 heavy (non-hydrogen) atoms. The first-order valence-corrected chi connectivity index (χ1v) is 8.54. The van der Waals surface area contributed by atoms with Crippen LogP contribution in [0.25, 0.3) is 0 Å². The average Bonchev–Trinajstić information content (AvgIpc) is 2.34. The molecule has 0 amide bonds. The van der Waals surface area contributed by atoms with E-state index in [1.165, 1.54) is 0 Å². The first-order chi connectivity index (χ1) is 8.88. The Balaban J connectivity index is 1.98. The average molecular weight is 346 g/mol. The van der Waals surface area contributed by atoms with E-state index in [9.17, 15) is 9.32 Å². The van der Waals surface area contributed by atoms with E-state index >= 15 is 0 Å². The molecular formula is C14H20BrNO2S. The number of aliphatic hydroxyl groups is 1. The fourth-order valence-electron chi connectivity index (χ4n) is 2.37. The summed E-state index contributed by atoms with van der Waals surface area (Å²) in [4.78, 5) is 2.20. The molecule has 0 saturated carbocycles. The third-order valence-corrected chi connectivity index (χ3v) is 5.94. The van der Waals surface area contributed by atoms with Crippen molar-refractivity contribution in [1.29, 1.82) is 0 Å². The summed E-state index contributed by atoms with van der Waals surface area (Å²) in [5, 5.41) is 10.3. The molecule has 0 aliphatic carbocycles. The monoisotopic (exact) mass is 345 g/mol. The Labute approximate surface area is 125 Å². The molecule has 2 rings (SSSR count). The highest BCUT2D eigenvalue weighted by Gasteiger charge is 2.33. The van der Waals surface area contributed by atoms with Crippen LogP contribution in [-0.2, 0) is 10.8 Å². The molecule has 0 bridgehead atoms. The third-order valence-electron chi connectivity index (χ3n) is 3.50. The number of hydrogen-bond donors (Lipinski definition) is 1. The molecule has 0 spiro atoms. The Morgan fingerprint density at radius 2 is 2.05 bits per heavy atom. The van der Waals surface area contributed by atoms with Gasteiger partial charge in [0.15, 0.2) is 0 Å². The molecule has 106 valence electrons. The first-order valence-electron chi connectivity index (χ1n) is 6.43. The van der Waals surface area contributed by atoms with Crippen molar-refractivity contribution in [2.24, 2.45) is 0 Å². The summed E-state index contributed by atoms with van der Waals surface area (Å²) in [7, 11) is -0.763. The number of aliphatic hydroxyl groups excluding tert-OH is 1. The molecule has 0 aromatic heterocycles. The van der Waals surface area contributed by atoms with Crippen LogP contribution in [0.2, 0.25) is 0 Å². The van der Waals surface area contributed by atoms with Gasteiger partial charge in [0.05, 0.1) is 10.9 Å². The van der Waals surface area contributed by atoms with Gasteiger partial charge in [-0.1, -0.05) is 28.1 Å². The number of rotatable bonds is 3. The fraction of sp³-hybridized carbons (Fsp3) is 0.571. The molecule has 5 heteroatoms. The molecule has 1 fully saturated rings. The zero-order valence-corrected chi connectivity index (χ0v) is 13.7. The lowest BCUT2D eigenvalue weighted by atomic mass is 10.1. The molecule has 1 aromatic rings. The maximum Gasteiger partial charge on any atom is 0.0916 e. The summed E-state index contributed by atoms with van der Waals surface area (Å²) >= 11 is 3.39. The quantitative estimate of drug-likeness (QED) is 0.913. The van der Waals surface area contributed by atoms with Crippen molar-refractivity contribution in [2.75, 3.05) is 25.4 Å². The van der Waals surface area contributed by atoms with Gasteiger partial charge < -0.3 is 5.11 Å². The Morgan fingerprint density at radius 3 is 2.63 bits per heavy atom. The smallest absolute Gasteiger partial charge is 0.0916 e. The number of hydrogen-bond acceptors (Lipinski definition) is 3. The van der Waals surface area contributed by atoms with Crippen molar-refractivity contribution in [3.8, 4) is 0 Å². The standard InChI is InChI=1S/C14H20BrNO2S/c1-14(2)10-16(7-8-19(14)18)9-13(17)11-3-5-12(15)6-4-11/h3-6,13,17H,7-10H2,1-2H3. The SMILES string of the molecule is CC1(C)CN(CC(O)c2ccc(Br)cc2)CCS1=O. The molecule has 3 nitrogen and oxygen atoms in total. The predicted octanol–water partition coefficient (Wildman–Crippen LogP) is 2.33. The molecular weight excluding hydrogens is 326 g/mol. The Hall–Kier alpha value is -0.230. The van der Waals surface area contributed by atoms with Gasteiger partial charge in [-0.3, -0.25) is 9.11 Å². The number of halogens is 1. The summed E-state index contributed by atoms with van der Waals surface area (Å²) in [6, 6.07) is 7.74. The van der Waals surface area contributed by atoms with E-state index in [-0.39, 0.29) is 4.75 Å². The van der Waals surface area contributed by atoms with Crippen molar-refractivity contribution in [3.05, 3.63) is 34.3 Å². The second-order valence-corrected chi connectivity index (χ2v) is 8.73. The molecule has 2 unspecified atom stereocenters. The molecule has 1 aliphatic heterocycles. The van der Waals surface area contributed by atoms with E-state index in [1.807, 2.05) is 38.1 Å². The maximum absolute atomic E-state index is 11.9. The van der Waals surface area contributed by atoms with Gasteiger partial charge in [-0.2, -0.15) is 0 Å². The van der Waals surface area contributed by atoms with E-state index in [4.69, 9.17) is 0 Å². The predicted molar refractivity (Wildman–Crippen MR) is 82.6 cm³/mol. The lowest BCUT2D eigenvalue weighted by Gasteiger charge is -2.38. The summed E-state index contributed by atoms with van der Waals surface area (Å²) in [6.07, 6.45) is -0.490. The molecule has 1 N–H and O–H groups in total. The minimum absolute atomic E-state index is 0.183. The highest BCUT2D eigenvalue weighted by atomic mass is 79.9. The second-order valence-electron chi connectivity index (χ2n) is 5.61. The lowest BCUT2D eigenvalue weighted by molar-refractivity contribution is 0.109. The highest BCUT2D eigenvalue weighted by molar-refractivity contribution is 9.10. The summed E-state index contributed by atoms with van der Waals surface area (Å²) in [5.74, 6) is 0.695. The van der Waals surface area contributed by atoms with Crippen LogP contribution in [-0.4, -0.2) is 44.3 Å². The van der Waals surface area contributed by atoms with Crippen LogP contribution in [0, 0.1) is 0 Å². The van der Waals surface area contributed by atoms with Crippen LogP contribution in [0.3, 0.4) is 0 Å². The largest absolute Gasteiger partial charge is 0.387 e. The Kier molecular flexibility index (Phi) is 4.82. The van der Waals surface area contributed by atoms with E-state index in [0.717, 1.165) is 23.1 Å². The second kappa shape index (κ2) is 6.04. The topological polar surface area (TPSA) is 40.5 Å². The number of nitrogens with zero attached hydrogens (tertiary/aromatic N) is 1. The molecule has 2 atom stereocenters. The molecule has 1 heterocycles. The van der Waals surface area contributed by atoms with E-state index in [1.54, 1.807) is 0 Å². The van der Waals surface area contributed by atoms with Gasteiger partial charge in [0.1, 0.15) is 0 Å². The minimum Gasteiger partial charge on any atom is -0.387 e. The van der Waals surface area contributed by atoms with Crippen LogP contribution in [0.5, 0.6) is 0 Å². The van der Waals surface area contributed by atoms with Gasteiger partial charge in [-0.05, 0) is 31.5 Å². The van der Waals surface area contributed by atoms with Crippen molar-refractivity contribution in [3.63, 3.8) is 0 Å². The van der Waals surface area contributed by atoms with Crippen LogP contribution in [0.1, 0.15) is 25.5 Å². The van der Waals surface area contributed by atoms with Crippen LogP contribution < -0.4 is 0 Å². The third kappa shape index (κ3) is 3.88.